The third-order valence-corrected chi connectivity index (χ3v) is 1.09. The molecule has 7 nitrogen and oxygen atoms in total. The average Bonchev–Trinajstić information content (AvgIpc) is 1.96. The second-order valence-electron chi connectivity index (χ2n) is 1.88. The van der Waals surface area contributed by atoms with Crippen LogP contribution in [0.1, 0.15) is 10.5 Å². The van der Waals surface area contributed by atoms with Crippen LogP contribution in [0.15, 0.2) is 9.59 Å². The number of rotatable bonds is 1. The van der Waals surface area contributed by atoms with E-state index in [1.54, 1.807) is 4.98 Å². The number of aromatic carboxylic acids is 1. The summed E-state index contributed by atoms with van der Waals surface area (Å²) in [5.41, 5.74) is -3.64. The number of H-pyrrole nitrogens is 2. The van der Waals surface area contributed by atoms with E-state index >= 15 is 0 Å². The van der Waals surface area contributed by atoms with Crippen molar-refractivity contribution in [1.29, 1.82) is 0 Å². The van der Waals surface area contributed by atoms with Crippen molar-refractivity contribution in [1.82, 2.24) is 9.97 Å². The molecule has 0 fully saturated rings. The van der Waals surface area contributed by atoms with Crippen LogP contribution in [0.2, 0.25) is 0 Å². The van der Waals surface area contributed by atoms with Gasteiger partial charge in [0.1, 0.15) is 5.69 Å². The molecule has 4 N–H and O–H groups in total. The molecule has 14 heavy (non-hydrogen) atoms. The van der Waals surface area contributed by atoms with Crippen molar-refractivity contribution in [2.45, 2.75) is 0 Å². The first kappa shape index (κ1) is 16.3. The molecule has 0 aromatic carbocycles. The maximum absolute atomic E-state index is 12.5. The van der Waals surface area contributed by atoms with E-state index in [2.05, 4.69) is 0 Å². The summed E-state index contributed by atoms with van der Waals surface area (Å²) >= 11 is 0. The third kappa shape index (κ3) is 3.54. The average molecular weight is 277 g/mol. The molecule has 1 aromatic heterocycles. The molecule has 0 aliphatic rings. The number of carbonyl (C=O) groups excluding carboxylic acids is 1. The van der Waals surface area contributed by atoms with Crippen molar-refractivity contribution >= 4 is 5.97 Å². The van der Waals surface area contributed by atoms with Gasteiger partial charge in [-0.15, -0.1) is 0 Å². The Morgan fingerprint density at radius 2 is 1.79 bits per heavy atom. The number of halogens is 1. The Kier molecular flexibility index (Phi) is 7.39. The third-order valence-electron chi connectivity index (χ3n) is 1.09. The van der Waals surface area contributed by atoms with Crippen LogP contribution in [-0.4, -0.2) is 21.4 Å². The van der Waals surface area contributed by atoms with Gasteiger partial charge in [-0.3, -0.25) is 9.78 Å². The molecule has 0 amide bonds. The first-order valence-corrected chi connectivity index (χ1v) is 2.76. The zero-order valence-electron chi connectivity index (χ0n) is 7.01. The van der Waals surface area contributed by atoms with Crippen molar-refractivity contribution < 1.29 is 78.0 Å². The van der Waals surface area contributed by atoms with Gasteiger partial charge in [0.05, 0.1) is 5.97 Å². The molecule has 0 unspecified atom stereocenters. The maximum atomic E-state index is 12.5. The second kappa shape index (κ2) is 6.35. The smallest absolute Gasteiger partial charge is 0.543 e. The Hall–Kier alpha value is -0.155. The Morgan fingerprint density at radius 3 is 2.21 bits per heavy atom. The number of carboxylic acid groups (broad SMARTS) is 1. The van der Waals surface area contributed by atoms with Gasteiger partial charge in [0.2, 0.25) is 5.82 Å². The first-order chi connectivity index (χ1) is 5.52. The molecule has 0 radical (unpaired) electrons. The van der Waals surface area contributed by atoms with Crippen LogP contribution in [0.5, 0.6) is 0 Å². The minimum Gasteiger partial charge on any atom is -0.543 e. The van der Waals surface area contributed by atoms with Crippen molar-refractivity contribution in [3.63, 3.8) is 0 Å². The number of carbonyl (C=O) groups is 1. The van der Waals surface area contributed by atoms with E-state index in [0.717, 1.165) is 0 Å². The first-order valence-electron chi connectivity index (χ1n) is 2.76. The molecule has 1 rings (SSSR count). The standard InChI is InChI=1S/C5H3FN2O4.H2O.Rb/c6-1-2(4(10)11)7-5(12)8-3(1)9;;/h(H,10,11)(H2,7,8,9,12);1H2;/q;;+1/p-1. The van der Waals surface area contributed by atoms with Gasteiger partial charge >= 0.3 is 63.9 Å². The fourth-order valence-corrected chi connectivity index (χ4v) is 0.612. The van der Waals surface area contributed by atoms with Crippen molar-refractivity contribution in [2.24, 2.45) is 0 Å². The molecule has 0 bridgehead atoms. The zero-order chi connectivity index (χ0) is 9.30. The molecule has 1 aromatic rings. The van der Waals surface area contributed by atoms with Crippen LogP contribution in [-0.2, 0) is 0 Å². The molecule has 72 valence electrons. The van der Waals surface area contributed by atoms with Gasteiger partial charge < -0.3 is 20.4 Å². The molecule has 0 aliphatic heterocycles. The van der Waals surface area contributed by atoms with Crippen LogP contribution in [0, 0.1) is 5.82 Å². The number of nitrogens with one attached hydrogen (secondary N) is 2. The largest absolute Gasteiger partial charge is 1.00 e. The molecule has 0 aliphatic carbocycles. The van der Waals surface area contributed by atoms with Gasteiger partial charge in [0.25, 0.3) is 5.56 Å². The number of aromatic nitrogens is 2. The van der Waals surface area contributed by atoms with E-state index in [1.807, 2.05) is 0 Å². The van der Waals surface area contributed by atoms with Gasteiger partial charge in [-0.2, -0.15) is 4.39 Å². The Balaban J connectivity index is 0. The molecule has 9 heteroatoms. The van der Waals surface area contributed by atoms with E-state index in [4.69, 9.17) is 0 Å². The molecular weight excluding hydrogens is 273 g/mol. The Bertz CT molecular complexity index is 438. The monoisotopic (exact) mass is 276 g/mol. The van der Waals surface area contributed by atoms with E-state index in [-0.39, 0.29) is 63.7 Å². The predicted molar refractivity (Wildman–Crippen MR) is 35.6 cm³/mol. The molecule has 0 atom stereocenters. The molecule has 0 spiro atoms. The van der Waals surface area contributed by atoms with Gasteiger partial charge in [-0.05, 0) is 0 Å². The van der Waals surface area contributed by atoms with Crippen LogP contribution in [0.4, 0.5) is 4.39 Å². The Morgan fingerprint density at radius 1 is 1.29 bits per heavy atom. The number of aromatic amines is 2. The van der Waals surface area contributed by atoms with Crippen LogP contribution < -0.4 is 74.5 Å². The summed E-state index contributed by atoms with van der Waals surface area (Å²) in [6.45, 7) is 0. The van der Waals surface area contributed by atoms with E-state index in [1.165, 1.54) is 4.98 Å². The van der Waals surface area contributed by atoms with Gasteiger partial charge in [0.15, 0.2) is 0 Å². The number of hydrogen-bond donors (Lipinski definition) is 2. The minimum atomic E-state index is -1.95. The summed E-state index contributed by atoms with van der Waals surface area (Å²) in [5, 5.41) is 10.1. The SMILES string of the molecule is O.O=C([O-])c1[nH]c(=O)[nH]c(=O)c1F.[Rb+]. The summed E-state index contributed by atoms with van der Waals surface area (Å²) in [5.74, 6) is -3.52. The van der Waals surface area contributed by atoms with E-state index in [9.17, 15) is 23.9 Å². The fourth-order valence-electron chi connectivity index (χ4n) is 0.612. The van der Waals surface area contributed by atoms with Crippen LogP contribution >= 0.6 is 0 Å². The Labute approximate surface area is 124 Å². The number of hydrogen-bond acceptors (Lipinski definition) is 4. The zero-order valence-corrected chi connectivity index (χ0v) is 11.9. The van der Waals surface area contributed by atoms with E-state index < -0.39 is 28.7 Å². The summed E-state index contributed by atoms with van der Waals surface area (Å²) in [4.78, 5) is 33.9. The molecule has 0 saturated heterocycles. The van der Waals surface area contributed by atoms with Gasteiger partial charge in [-0.25, -0.2) is 4.79 Å². The van der Waals surface area contributed by atoms with Crippen LogP contribution in [0.3, 0.4) is 0 Å². The summed E-state index contributed by atoms with van der Waals surface area (Å²) in [6, 6.07) is 0. The normalized spacial score (nSPS) is 8.36. The summed E-state index contributed by atoms with van der Waals surface area (Å²) in [6.07, 6.45) is 0. The van der Waals surface area contributed by atoms with Crippen molar-refractivity contribution in [3.05, 3.63) is 32.3 Å². The topological polar surface area (TPSA) is 137 Å². The second-order valence-corrected chi connectivity index (χ2v) is 1.88. The van der Waals surface area contributed by atoms with E-state index in [0.29, 0.717) is 0 Å². The predicted octanol–water partition coefficient (Wildman–Crippen LogP) is -6.25. The minimum absolute atomic E-state index is 0. The summed E-state index contributed by atoms with van der Waals surface area (Å²) in [7, 11) is 0. The number of carboxylic acids is 1. The quantitative estimate of drug-likeness (QED) is 0.527. The van der Waals surface area contributed by atoms with Crippen molar-refractivity contribution in [2.75, 3.05) is 0 Å². The van der Waals surface area contributed by atoms with Gasteiger partial charge in [-0.1, -0.05) is 0 Å². The molecule has 1 heterocycles. The summed E-state index contributed by atoms with van der Waals surface area (Å²) < 4.78 is 12.5. The molecular formula is C5H4FN2O5Rb. The van der Waals surface area contributed by atoms with Gasteiger partial charge in [0, 0.05) is 0 Å². The maximum Gasteiger partial charge on any atom is 1.00 e. The molecule has 0 saturated carbocycles. The van der Waals surface area contributed by atoms with Crippen LogP contribution in [0.25, 0.3) is 0 Å². The fraction of sp³-hybridized carbons (Fsp3) is 0. The van der Waals surface area contributed by atoms with Crippen molar-refractivity contribution in [3.8, 4) is 0 Å².